The fourth-order valence-corrected chi connectivity index (χ4v) is 5.05. The van der Waals surface area contributed by atoms with Crippen molar-refractivity contribution in [3.63, 3.8) is 0 Å². The smallest absolute Gasteiger partial charge is 0.231 e. The molecule has 2 aliphatic rings. The average molecular weight is 389 g/mol. The Kier molecular flexibility index (Phi) is 5.19. The molecule has 0 radical (unpaired) electrons. The highest BCUT2D eigenvalue weighted by molar-refractivity contribution is 7.99. The molecule has 0 spiro atoms. The summed E-state index contributed by atoms with van der Waals surface area (Å²) in [6.07, 6.45) is 1.84. The van der Waals surface area contributed by atoms with Crippen LogP contribution in [0, 0.1) is 11.6 Å². The molecule has 0 saturated carbocycles. The number of benzene rings is 2. The largest absolute Gasteiger partial charge is 0.381 e. The number of amides is 1. The predicted molar refractivity (Wildman–Crippen MR) is 101 cm³/mol. The Balaban J connectivity index is 1.64. The topological polar surface area (TPSA) is 38.3 Å². The van der Waals surface area contributed by atoms with Gasteiger partial charge in [0.25, 0.3) is 0 Å². The molecule has 142 valence electrons. The molecule has 1 unspecified atom stereocenters. The Labute approximate surface area is 161 Å². The van der Waals surface area contributed by atoms with Gasteiger partial charge in [0.05, 0.1) is 11.5 Å². The molecular formula is C21H21F2NO2S. The van der Waals surface area contributed by atoms with Gasteiger partial charge >= 0.3 is 0 Å². The molecule has 2 heterocycles. The van der Waals surface area contributed by atoms with Gasteiger partial charge in [-0.25, -0.2) is 8.78 Å². The highest BCUT2D eigenvalue weighted by Gasteiger charge is 2.42. The lowest BCUT2D eigenvalue weighted by Crippen LogP contribution is -2.49. The minimum atomic E-state index is -0.746. The third-order valence-corrected chi connectivity index (χ3v) is 6.62. The van der Waals surface area contributed by atoms with Crippen molar-refractivity contribution in [3.05, 3.63) is 65.2 Å². The van der Waals surface area contributed by atoms with Crippen molar-refractivity contribution in [2.75, 3.05) is 19.0 Å². The van der Waals surface area contributed by atoms with E-state index in [1.165, 1.54) is 24.3 Å². The molecule has 3 nitrogen and oxygen atoms in total. The maximum absolute atomic E-state index is 13.8. The number of carbonyl (C=O) groups is 1. The van der Waals surface area contributed by atoms with Gasteiger partial charge in [-0.15, -0.1) is 11.8 Å². The van der Waals surface area contributed by atoms with Crippen molar-refractivity contribution < 1.29 is 18.3 Å². The number of carbonyl (C=O) groups excluding carboxylic acids is 1. The number of hydrogen-bond acceptors (Lipinski definition) is 3. The van der Waals surface area contributed by atoms with Crippen molar-refractivity contribution >= 4 is 17.7 Å². The molecule has 2 aromatic carbocycles. The molecule has 2 aliphatic heterocycles. The van der Waals surface area contributed by atoms with E-state index in [1.807, 2.05) is 0 Å². The Morgan fingerprint density at radius 1 is 1.07 bits per heavy atom. The van der Waals surface area contributed by atoms with E-state index in [2.05, 4.69) is 5.32 Å². The van der Waals surface area contributed by atoms with Gasteiger partial charge in [0.15, 0.2) is 0 Å². The summed E-state index contributed by atoms with van der Waals surface area (Å²) in [6.45, 7) is 0.965. The summed E-state index contributed by atoms with van der Waals surface area (Å²) in [5.41, 5.74) is 0.889. The lowest BCUT2D eigenvalue weighted by Gasteiger charge is -2.38. The van der Waals surface area contributed by atoms with E-state index < -0.39 is 5.41 Å². The molecule has 1 saturated heterocycles. The van der Waals surface area contributed by atoms with E-state index in [4.69, 9.17) is 4.74 Å². The summed E-state index contributed by atoms with van der Waals surface area (Å²) < 4.78 is 32.6. The Hall–Kier alpha value is -1.92. The van der Waals surface area contributed by atoms with Gasteiger partial charge in [-0.2, -0.15) is 0 Å². The van der Waals surface area contributed by atoms with Crippen LogP contribution in [0.25, 0.3) is 0 Å². The summed E-state index contributed by atoms with van der Waals surface area (Å²) in [5.74, 6) is 0.158. The summed E-state index contributed by atoms with van der Waals surface area (Å²) >= 11 is 1.68. The van der Waals surface area contributed by atoms with E-state index in [0.29, 0.717) is 26.1 Å². The number of halogens is 2. The second-order valence-corrected chi connectivity index (χ2v) is 8.18. The molecular weight excluding hydrogens is 368 g/mol. The van der Waals surface area contributed by atoms with E-state index in [-0.39, 0.29) is 23.6 Å². The van der Waals surface area contributed by atoms with Gasteiger partial charge in [0.1, 0.15) is 11.6 Å². The number of ether oxygens (including phenoxy) is 1. The minimum absolute atomic E-state index is 0.0930. The van der Waals surface area contributed by atoms with Gasteiger partial charge in [0, 0.05) is 23.9 Å². The number of nitrogens with one attached hydrogen (secondary N) is 1. The van der Waals surface area contributed by atoms with Crippen LogP contribution in [-0.2, 0) is 14.9 Å². The highest BCUT2D eigenvalue weighted by Crippen LogP contribution is 2.39. The monoisotopic (exact) mass is 389 g/mol. The van der Waals surface area contributed by atoms with Gasteiger partial charge in [0.2, 0.25) is 5.91 Å². The second kappa shape index (κ2) is 7.60. The van der Waals surface area contributed by atoms with Crippen LogP contribution in [0.3, 0.4) is 0 Å². The van der Waals surface area contributed by atoms with Gasteiger partial charge in [-0.1, -0.05) is 12.1 Å². The van der Waals surface area contributed by atoms with Crippen molar-refractivity contribution in [2.45, 2.75) is 35.6 Å². The van der Waals surface area contributed by atoms with Crippen molar-refractivity contribution in [2.24, 2.45) is 0 Å². The first-order chi connectivity index (χ1) is 13.1. The molecule has 2 aromatic rings. The molecule has 0 aliphatic carbocycles. The molecule has 1 amide bonds. The zero-order chi connectivity index (χ0) is 18.9. The number of rotatable bonds is 3. The lowest BCUT2D eigenvalue weighted by atomic mass is 9.73. The summed E-state index contributed by atoms with van der Waals surface area (Å²) in [6, 6.07) is 10.7. The van der Waals surface area contributed by atoms with Crippen molar-refractivity contribution in [1.82, 2.24) is 5.32 Å². The number of fused-ring (bicyclic) bond motifs is 1. The third-order valence-electron chi connectivity index (χ3n) is 5.49. The molecule has 6 heteroatoms. The van der Waals surface area contributed by atoms with Crippen LogP contribution in [0.2, 0.25) is 0 Å². The van der Waals surface area contributed by atoms with Crippen LogP contribution < -0.4 is 5.32 Å². The second-order valence-electron chi connectivity index (χ2n) is 7.05. The lowest BCUT2D eigenvalue weighted by molar-refractivity contribution is -0.131. The molecule has 1 atom stereocenters. The SMILES string of the molecule is O=C(NC1CCSc2ccc(F)cc21)C1(c2ccc(F)cc2)CCOCC1. The fourth-order valence-electron chi connectivity index (χ4n) is 3.95. The van der Waals surface area contributed by atoms with Gasteiger partial charge in [-0.3, -0.25) is 4.79 Å². The molecule has 1 fully saturated rings. The van der Waals surface area contributed by atoms with Crippen LogP contribution >= 0.6 is 11.8 Å². The molecule has 0 bridgehead atoms. The van der Waals surface area contributed by atoms with Crippen molar-refractivity contribution in [3.8, 4) is 0 Å². The first kappa shape index (κ1) is 18.4. The van der Waals surface area contributed by atoms with Crippen LogP contribution in [0.15, 0.2) is 47.4 Å². The molecule has 4 rings (SSSR count). The maximum Gasteiger partial charge on any atom is 0.231 e. The standard InChI is InChI=1S/C21H21F2NO2S/c22-15-3-1-14(2-4-15)21(8-10-26-11-9-21)20(25)24-18-7-12-27-19-6-5-16(23)13-17(18)19/h1-6,13,18H,7-12H2,(H,24,25). The van der Waals surface area contributed by atoms with Gasteiger partial charge < -0.3 is 10.1 Å². The Morgan fingerprint density at radius 3 is 2.52 bits per heavy atom. The zero-order valence-electron chi connectivity index (χ0n) is 14.8. The van der Waals surface area contributed by atoms with E-state index in [9.17, 15) is 13.6 Å². The normalized spacial score (nSPS) is 21.3. The van der Waals surface area contributed by atoms with Gasteiger partial charge in [-0.05, 0) is 60.7 Å². The minimum Gasteiger partial charge on any atom is -0.381 e. The highest BCUT2D eigenvalue weighted by atomic mass is 32.2. The summed E-state index contributed by atoms with van der Waals surface area (Å²) in [7, 11) is 0. The van der Waals surface area contributed by atoms with Crippen LogP contribution in [0.1, 0.15) is 36.4 Å². The first-order valence-corrected chi connectivity index (χ1v) is 10.1. The van der Waals surface area contributed by atoms with E-state index in [0.717, 1.165) is 28.2 Å². The maximum atomic E-state index is 13.8. The summed E-state index contributed by atoms with van der Waals surface area (Å²) in [5, 5.41) is 3.16. The van der Waals surface area contributed by atoms with Crippen molar-refractivity contribution in [1.29, 1.82) is 0 Å². The Bertz CT molecular complexity index is 835. The number of hydrogen-bond donors (Lipinski definition) is 1. The van der Waals surface area contributed by atoms with Crippen LogP contribution in [0.5, 0.6) is 0 Å². The third kappa shape index (κ3) is 3.60. The fraction of sp³-hybridized carbons (Fsp3) is 0.381. The van der Waals surface area contributed by atoms with E-state index >= 15 is 0 Å². The molecule has 27 heavy (non-hydrogen) atoms. The Morgan fingerprint density at radius 2 is 1.78 bits per heavy atom. The van der Waals surface area contributed by atoms with Crippen LogP contribution in [-0.4, -0.2) is 24.9 Å². The number of thioether (sulfide) groups is 1. The van der Waals surface area contributed by atoms with E-state index in [1.54, 1.807) is 30.0 Å². The predicted octanol–water partition coefficient (Wildman–Crippen LogP) is 4.37. The average Bonchev–Trinajstić information content (AvgIpc) is 2.69. The summed E-state index contributed by atoms with van der Waals surface area (Å²) in [4.78, 5) is 14.4. The quantitative estimate of drug-likeness (QED) is 0.847. The molecule has 0 aromatic heterocycles. The first-order valence-electron chi connectivity index (χ1n) is 9.15. The zero-order valence-corrected chi connectivity index (χ0v) is 15.7. The van der Waals surface area contributed by atoms with Crippen LogP contribution in [0.4, 0.5) is 8.78 Å². The molecule has 1 N–H and O–H groups in total.